The Hall–Kier alpha value is -6.54. The standard InChI is InChI=1S/C66H51I2N/c1-43-5-13-51(14-6-43)65(52-15-7-44(2)8-16-52)53-19-17-47(18-20-53)48-21-27-54(28-22-48)66(63-41-56(67)31-39-61(63)62-40-32-57(68)42-64(62)66)55-29-23-49(24-30-55)50-25-37-60(38-26-50)69(58-33-9-45(3)10-34-58)59-35-11-46(4)12-36-59/h5-42,65H,1-4H3. The summed E-state index contributed by atoms with van der Waals surface area (Å²) in [6.07, 6.45) is 0. The Morgan fingerprint density at radius 3 is 0.942 bits per heavy atom. The predicted molar refractivity (Wildman–Crippen MR) is 308 cm³/mol. The Labute approximate surface area is 434 Å². The van der Waals surface area contributed by atoms with Crippen molar-refractivity contribution >= 4 is 62.2 Å². The lowest BCUT2D eigenvalue weighted by Gasteiger charge is -2.34. The van der Waals surface area contributed by atoms with E-state index in [4.69, 9.17) is 0 Å². The van der Waals surface area contributed by atoms with Gasteiger partial charge in [0.1, 0.15) is 0 Å². The number of aryl methyl sites for hydroxylation is 4. The van der Waals surface area contributed by atoms with Crippen LogP contribution < -0.4 is 4.90 Å². The van der Waals surface area contributed by atoms with E-state index in [0.717, 1.165) is 17.1 Å². The minimum Gasteiger partial charge on any atom is -0.311 e. The van der Waals surface area contributed by atoms with Crippen molar-refractivity contribution in [3.63, 3.8) is 0 Å². The van der Waals surface area contributed by atoms with Crippen LogP contribution in [0, 0.1) is 34.8 Å². The molecule has 0 heterocycles. The molecule has 0 amide bonds. The van der Waals surface area contributed by atoms with Gasteiger partial charge in [-0.05, 0) is 206 Å². The van der Waals surface area contributed by atoms with Crippen LogP contribution in [0.15, 0.2) is 231 Å². The molecule has 0 saturated carbocycles. The highest BCUT2D eigenvalue weighted by molar-refractivity contribution is 14.1. The monoisotopic (exact) mass is 1110 g/mol. The van der Waals surface area contributed by atoms with Gasteiger partial charge >= 0.3 is 0 Å². The SMILES string of the molecule is Cc1ccc(C(c2ccc(C)cc2)c2ccc(-c3ccc(C4(c5ccc(-c6ccc(N(c7ccc(C)cc7)c7ccc(C)cc7)cc6)cc5)c5cc(I)ccc5-c5ccc(I)cc54)cc3)cc2)cc1. The molecule has 0 aromatic heterocycles. The van der Waals surface area contributed by atoms with Crippen molar-refractivity contribution in [2.75, 3.05) is 4.90 Å². The molecule has 0 unspecified atom stereocenters. The van der Waals surface area contributed by atoms with Gasteiger partial charge in [0.2, 0.25) is 0 Å². The van der Waals surface area contributed by atoms with Gasteiger partial charge in [-0.15, -0.1) is 0 Å². The molecule has 0 atom stereocenters. The first-order valence-corrected chi connectivity index (χ1v) is 25.9. The third kappa shape index (κ3) is 8.55. The van der Waals surface area contributed by atoms with Gasteiger partial charge in [-0.3, -0.25) is 0 Å². The molecule has 11 rings (SSSR count). The second-order valence-corrected chi connectivity index (χ2v) is 21.2. The average Bonchev–Trinajstić information content (AvgIpc) is 3.66. The van der Waals surface area contributed by atoms with E-state index >= 15 is 0 Å². The minimum absolute atomic E-state index is 0.153. The third-order valence-electron chi connectivity index (χ3n) is 14.1. The highest BCUT2D eigenvalue weighted by Crippen LogP contribution is 2.57. The van der Waals surface area contributed by atoms with E-state index in [1.807, 2.05) is 0 Å². The number of anilines is 3. The van der Waals surface area contributed by atoms with Gasteiger partial charge in [0.25, 0.3) is 0 Å². The molecule has 1 aliphatic carbocycles. The fourth-order valence-electron chi connectivity index (χ4n) is 10.5. The molecule has 0 fully saturated rings. The van der Waals surface area contributed by atoms with Gasteiger partial charge in [0.15, 0.2) is 0 Å². The first kappa shape index (κ1) is 44.9. The van der Waals surface area contributed by atoms with Gasteiger partial charge in [0, 0.05) is 30.1 Å². The van der Waals surface area contributed by atoms with Crippen LogP contribution in [0.4, 0.5) is 17.1 Å². The molecule has 0 radical (unpaired) electrons. The summed E-state index contributed by atoms with van der Waals surface area (Å²) in [5, 5.41) is 0. The third-order valence-corrected chi connectivity index (χ3v) is 15.5. The zero-order valence-corrected chi connectivity index (χ0v) is 43.5. The number of halogens is 2. The van der Waals surface area contributed by atoms with E-state index in [0.29, 0.717) is 0 Å². The highest BCUT2D eigenvalue weighted by Gasteiger charge is 2.46. The predicted octanol–water partition coefficient (Wildman–Crippen LogP) is 18.5. The molecule has 0 N–H and O–H groups in total. The Kier molecular flexibility index (Phi) is 12.2. The smallest absolute Gasteiger partial charge is 0.0714 e. The second-order valence-electron chi connectivity index (χ2n) is 18.7. The van der Waals surface area contributed by atoms with Gasteiger partial charge in [0.05, 0.1) is 5.41 Å². The normalized spacial score (nSPS) is 12.4. The summed E-state index contributed by atoms with van der Waals surface area (Å²) in [6, 6.07) is 86.6. The molecule has 334 valence electrons. The lowest BCUT2D eigenvalue weighted by atomic mass is 9.67. The Morgan fingerprint density at radius 2 is 0.594 bits per heavy atom. The number of benzene rings is 10. The fraction of sp³-hybridized carbons (Fsp3) is 0.0909. The maximum atomic E-state index is 2.49. The van der Waals surface area contributed by atoms with Crippen molar-refractivity contribution < 1.29 is 0 Å². The lowest BCUT2D eigenvalue weighted by molar-refractivity contribution is 0.767. The van der Waals surface area contributed by atoms with Crippen LogP contribution >= 0.6 is 45.2 Å². The van der Waals surface area contributed by atoms with Gasteiger partial charge < -0.3 is 4.90 Å². The Morgan fingerprint density at radius 1 is 0.319 bits per heavy atom. The van der Waals surface area contributed by atoms with Crippen molar-refractivity contribution in [2.45, 2.75) is 39.0 Å². The number of nitrogens with zero attached hydrogens (tertiary/aromatic N) is 1. The minimum atomic E-state index is -0.518. The van der Waals surface area contributed by atoms with E-state index in [-0.39, 0.29) is 5.92 Å². The summed E-state index contributed by atoms with van der Waals surface area (Å²) in [7, 11) is 0. The molecule has 1 nitrogen and oxygen atoms in total. The molecule has 69 heavy (non-hydrogen) atoms. The van der Waals surface area contributed by atoms with Crippen molar-refractivity contribution in [2.24, 2.45) is 0 Å². The largest absolute Gasteiger partial charge is 0.311 e. The highest BCUT2D eigenvalue weighted by atomic mass is 127. The summed E-state index contributed by atoms with van der Waals surface area (Å²) < 4.78 is 2.46. The van der Waals surface area contributed by atoms with Crippen molar-refractivity contribution in [3.8, 4) is 33.4 Å². The molecule has 10 aromatic carbocycles. The maximum absolute atomic E-state index is 2.49. The van der Waals surface area contributed by atoms with E-state index in [1.54, 1.807) is 0 Å². The van der Waals surface area contributed by atoms with Crippen LogP contribution in [0.25, 0.3) is 33.4 Å². The van der Waals surface area contributed by atoms with Crippen LogP contribution in [0.2, 0.25) is 0 Å². The average molecular weight is 1110 g/mol. The first-order chi connectivity index (χ1) is 33.6. The summed E-state index contributed by atoms with van der Waals surface area (Å²) in [6.45, 7) is 8.59. The first-order valence-electron chi connectivity index (χ1n) is 23.7. The molecule has 0 saturated heterocycles. The molecule has 0 spiro atoms. The van der Waals surface area contributed by atoms with Crippen LogP contribution in [-0.4, -0.2) is 0 Å². The summed E-state index contributed by atoms with van der Waals surface area (Å²) in [5.41, 5.74) is 24.4. The lowest BCUT2D eigenvalue weighted by Crippen LogP contribution is -2.28. The van der Waals surface area contributed by atoms with Crippen molar-refractivity contribution in [1.29, 1.82) is 0 Å². The summed E-state index contributed by atoms with van der Waals surface area (Å²) in [5.74, 6) is 0.153. The number of hydrogen-bond donors (Lipinski definition) is 0. The Bertz CT molecular complexity index is 3100. The number of rotatable bonds is 10. The molecule has 3 heteroatoms. The topological polar surface area (TPSA) is 3.24 Å². The zero-order valence-electron chi connectivity index (χ0n) is 39.2. The Balaban J connectivity index is 0.962. The van der Waals surface area contributed by atoms with Gasteiger partial charge in [-0.25, -0.2) is 0 Å². The van der Waals surface area contributed by atoms with Crippen LogP contribution in [0.1, 0.15) is 67.1 Å². The van der Waals surface area contributed by atoms with E-state index < -0.39 is 5.41 Å². The quantitative estimate of drug-likeness (QED) is 0.0974. The van der Waals surface area contributed by atoms with E-state index in [9.17, 15) is 0 Å². The van der Waals surface area contributed by atoms with Crippen molar-refractivity contribution in [3.05, 3.63) is 299 Å². The zero-order chi connectivity index (χ0) is 47.2. The molecule has 10 aromatic rings. The molecular weight excluding hydrogens is 1060 g/mol. The summed E-state index contributed by atoms with van der Waals surface area (Å²) in [4.78, 5) is 2.34. The maximum Gasteiger partial charge on any atom is 0.0714 e. The van der Waals surface area contributed by atoms with Crippen LogP contribution in [0.3, 0.4) is 0 Å². The van der Waals surface area contributed by atoms with Crippen LogP contribution in [-0.2, 0) is 5.41 Å². The van der Waals surface area contributed by atoms with E-state index in [2.05, 4.69) is 308 Å². The van der Waals surface area contributed by atoms with Crippen LogP contribution in [0.5, 0.6) is 0 Å². The second kappa shape index (κ2) is 18.8. The van der Waals surface area contributed by atoms with E-state index in [1.165, 1.54) is 102 Å². The number of fused-ring (bicyclic) bond motifs is 3. The van der Waals surface area contributed by atoms with Gasteiger partial charge in [-0.1, -0.05) is 192 Å². The fourth-order valence-corrected chi connectivity index (χ4v) is 11.5. The molecule has 0 bridgehead atoms. The van der Waals surface area contributed by atoms with Gasteiger partial charge in [-0.2, -0.15) is 0 Å². The molecule has 0 aliphatic heterocycles. The molecule has 1 aliphatic rings. The number of hydrogen-bond acceptors (Lipinski definition) is 1. The van der Waals surface area contributed by atoms with Crippen molar-refractivity contribution in [1.82, 2.24) is 0 Å². The summed E-state index contributed by atoms with van der Waals surface area (Å²) >= 11 is 4.98. The molecular formula is C66H51I2N.